The van der Waals surface area contributed by atoms with E-state index in [0.29, 0.717) is 30.5 Å². The van der Waals surface area contributed by atoms with Crippen LogP contribution >= 0.6 is 0 Å². The molecule has 1 heterocycles. The van der Waals surface area contributed by atoms with Crippen molar-refractivity contribution < 1.29 is 28.6 Å². The molecular formula is C19H26N2O6. The Bertz CT molecular complexity index is 718. The molecule has 0 aromatic heterocycles. The zero-order valence-electron chi connectivity index (χ0n) is 16.2. The lowest BCUT2D eigenvalue weighted by Crippen LogP contribution is -2.41. The number of hydrogen-bond donors (Lipinski definition) is 1. The van der Waals surface area contributed by atoms with E-state index in [1.165, 1.54) is 33.3 Å². The number of carbonyl (C=O) groups excluding carboxylic acids is 3. The minimum absolute atomic E-state index is 0.0858. The zero-order valence-corrected chi connectivity index (χ0v) is 16.2. The van der Waals surface area contributed by atoms with E-state index >= 15 is 0 Å². The number of benzene rings is 1. The summed E-state index contributed by atoms with van der Waals surface area (Å²) in [7, 11) is 2.89. The van der Waals surface area contributed by atoms with E-state index in [-0.39, 0.29) is 29.7 Å². The highest BCUT2D eigenvalue weighted by molar-refractivity contribution is 6.02. The maximum Gasteiger partial charge on any atom is 0.340 e. The van der Waals surface area contributed by atoms with Gasteiger partial charge >= 0.3 is 5.97 Å². The predicted molar refractivity (Wildman–Crippen MR) is 99.1 cm³/mol. The fourth-order valence-electron chi connectivity index (χ4n) is 3.05. The van der Waals surface area contributed by atoms with E-state index in [1.54, 1.807) is 4.90 Å². The number of anilines is 1. The molecule has 0 radical (unpaired) electrons. The Kier molecular flexibility index (Phi) is 7.04. The average Bonchev–Trinajstić information content (AvgIpc) is 2.64. The van der Waals surface area contributed by atoms with E-state index in [9.17, 15) is 14.4 Å². The molecular weight excluding hydrogens is 352 g/mol. The van der Waals surface area contributed by atoms with Crippen molar-refractivity contribution in [3.63, 3.8) is 0 Å². The van der Waals surface area contributed by atoms with Gasteiger partial charge < -0.3 is 24.4 Å². The summed E-state index contributed by atoms with van der Waals surface area (Å²) in [5.41, 5.74) is 0.312. The highest BCUT2D eigenvalue weighted by atomic mass is 16.5. The molecule has 1 unspecified atom stereocenters. The minimum Gasteiger partial charge on any atom is -0.493 e. The van der Waals surface area contributed by atoms with Crippen LogP contribution < -0.4 is 14.8 Å². The van der Waals surface area contributed by atoms with Gasteiger partial charge in [-0.05, 0) is 18.8 Å². The second kappa shape index (κ2) is 9.25. The molecule has 2 amide bonds. The second-order valence-electron chi connectivity index (χ2n) is 6.60. The van der Waals surface area contributed by atoms with Crippen LogP contribution in [0.15, 0.2) is 12.1 Å². The number of likely N-dealkylation sites (tertiary alicyclic amines) is 1. The largest absolute Gasteiger partial charge is 0.493 e. The van der Waals surface area contributed by atoms with Crippen molar-refractivity contribution >= 4 is 23.5 Å². The highest BCUT2D eigenvalue weighted by Crippen LogP contribution is 2.33. The third-order valence-electron chi connectivity index (χ3n) is 4.39. The SMILES string of the molecule is COc1cc(NC(C)=O)c(C(=O)OCC(=O)N2CCCC(C)C2)cc1OC. The van der Waals surface area contributed by atoms with Crippen molar-refractivity contribution in [3.05, 3.63) is 17.7 Å². The smallest absolute Gasteiger partial charge is 0.340 e. The van der Waals surface area contributed by atoms with Gasteiger partial charge in [-0.3, -0.25) is 9.59 Å². The summed E-state index contributed by atoms with van der Waals surface area (Å²) in [6.07, 6.45) is 2.04. The standard InChI is InChI=1S/C19H26N2O6/c1-12-6-5-7-21(10-12)18(23)11-27-19(24)14-8-16(25-3)17(26-4)9-15(14)20-13(2)22/h8-9,12H,5-7,10-11H2,1-4H3,(H,20,22). The normalized spacial score (nSPS) is 16.4. The van der Waals surface area contributed by atoms with E-state index in [0.717, 1.165) is 12.8 Å². The van der Waals surface area contributed by atoms with Crippen LogP contribution in [0.3, 0.4) is 0 Å². The van der Waals surface area contributed by atoms with Crippen LogP contribution in [0.4, 0.5) is 5.69 Å². The van der Waals surface area contributed by atoms with Gasteiger partial charge in [-0.1, -0.05) is 6.92 Å². The summed E-state index contributed by atoms with van der Waals surface area (Å²) >= 11 is 0. The summed E-state index contributed by atoms with van der Waals surface area (Å²) in [5.74, 6) is -0.189. The molecule has 1 aliphatic heterocycles. The maximum atomic E-state index is 12.5. The molecule has 8 heteroatoms. The van der Waals surface area contributed by atoms with Crippen molar-refractivity contribution in [1.82, 2.24) is 4.90 Å². The van der Waals surface area contributed by atoms with Crippen molar-refractivity contribution in [1.29, 1.82) is 0 Å². The lowest BCUT2D eigenvalue weighted by Gasteiger charge is -2.30. The number of piperidine rings is 1. The van der Waals surface area contributed by atoms with Gasteiger partial charge in [-0.25, -0.2) is 4.79 Å². The van der Waals surface area contributed by atoms with Crippen molar-refractivity contribution in [2.24, 2.45) is 5.92 Å². The number of hydrogen-bond acceptors (Lipinski definition) is 6. The molecule has 1 atom stereocenters. The van der Waals surface area contributed by atoms with Crippen LogP contribution in [0.2, 0.25) is 0 Å². The van der Waals surface area contributed by atoms with Crippen molar-refractivity contribution in [2.45, 2.75) is 26.7 Å². The van der Waals surface area contributed by atoms with Crippen LogP contribution in [0.25, 0.3) is 0 Å². The average molecular weight is 378 g/mol. The van der Waals surface area contributed by atoms with E-state index in [4.69, 9.17) is 14.2 Å². The fourth-order valence-corrected chi connectivity index (χ4v) is 3.05. The topological polar surface area (TPSA) is 94.2 Å². The van der Waals surface area contributed by atoms with Gasteiger partial charge in [0, 0.05) is 32.1 Å². The third kappa shape index (κ3) is 5.35. The van der Waals surface area contributed by atoms with E-state index in [2.05, 4.69) is 12.2 Å². The van der Waals surface area contributed by atoms with Gasteiger partial charge in [0.2, 0.25) is 5.91 Å². The van der Waals surface area contributed by atoms with Crippen LogP contribution in [0.5, 0.6) is 11.5 Å². The second-order valence-corrected chi connectivity index (χ2v) is 6.60. The van der Waals surface area contributed by atoms with Crippen molar-refractivity contribution in [2.75, 3.05) is 39.2 Å². The Balaban J connectivity index is 2.13. The highest BCUT2D eigenvalue weighted by Gasteiger charge is 2.24. The molecule has 2 rings (SSSR count). The Morgan fingerprint density at radius 1 is 1.19 bits per heavy atom. The molecule has 0 saturated carbocycles. The minimum atomic E-state index is -0.724. The van der Waals surface area contributed by atoms with Crippen LogP contribution in [0, 0.1) is 5.92 Å². The van der Waals surface area contributed by atoms with Crippen LogP contribution in [0.1, 0.15) is 37.0 Å². The number of methoxy groups -OCH3 is 2. The molecule has 0 spiro atoms. The van der Waals surface area contributed by atoms with Gasteiger partial charge in [0.1, 0.15) is 0 Å². The Labute approximate surface area is 158 Å². The first-order chi connectivity index (χ1) is 12.8. The summed E-state index contributed by atoms with van der Waals surface area (Å²) in [4.78, 5) is 38.0. The molecule has 1 fully saturated rings. The zero-order chi connectivity index (χ0) is 20.0. The summed E-state index contributed by atoms with van der Waals surface area (Å²) in [5, 5.41) is 2.57. The molecule has 1 N–H and O–H groups in total. The van der Waals surface area contributed by atoms with Gasteiger partial charge in [-0.2, -0.15) is 0 Å². The van der Waals surface area contributed by atoms with Gasteiger partial charge in [0.25, 0.3) is 5.91 Å². The lowest BCUT2D eigenvalue weighted by atomic mass is 10.0. The predicted octanol–water partition coefficient (Wildman–Crippen LogP) is 2.08. The number of carbonyl (C=O) groups is 3. The quantitative estimate of drug-likeness (QED) is 0.762. The molecule has 0 aliphatic carbocycles. The molecule has 1 saturated heterocycles. The first-order valence-corrected chi connectivity index (χ1v) is 8.84. The number of rotatable bonds is 6. The van der Waals surface area contributed by atoms with E-state index < -0.39 is 5.97 Å². The maximum absolute atomic E-state index is 12.5. The number of esters is 1. The number of amides is 2. The Morgan fingerprint density at radius 3 is 2.44 bits per heavy atom. The lowest BCUT2D eigenvalue weighted by molar-refractivity contribution is -0.136. The van der Waals surface area contributed by atoms with Gasteiger partial charge in [0.15, 0.2) is 18.1 Å². The monoisotopic (exact) mass is 378 g/mol. The van der Waals surface area contributed by atoms with Gasteiger partial charge in [-0.15, -0.1) is 0 Å². The van der Waals surface area contributed by atoms with Crippen molar-refractivity contribution in [3.8, 4) is 11.5 Å². The number of nitrogens with one attached hydrogen (secondary N) is 1. The van der Waals surface area contributed by atoms with Crippen LogP contribution in [-0.2, 0) is 14.3 Å². The molecule has 148 valence electrons. The molecule has 1 aliphatic rings. The Hall–Kier alpha value is -2.77. The summed E-state index contributed by atoms with van der Waals surface area (Å²) in [6, 6.07) is 2.89. The fraction of sp³-hybridized carbons (Fsp3) is 0.526. The molecule has 1 aromatic rings. The Morgan fingerprint density at radius 2 is 1.85 bits per heavy atom. The molecule has 1 aromatic carbocycles. The summed E-state index contributed by atoms with van der Waals surface area (Å²) in [6.45, 7) is 4.42. The molecule has 0 bridgehead atoms. The van der Waals surface area contributed by atoms with Gasteiger partial charge in [0.05, 0.1) is 25.5 Å². The van der Waals surface area contributed by atoms with Crippen LogP contribution in [-0.4, -0.2) is 56.6 Å². The first kappa shape index (κ1) is 20.5. The number of nitrogens with zero attached hydrogens (tertiary/aromatic N) is 1. The third-order valence-corrected chi connectivity index (χ3v) is 4.39. The summed E-state index contributed by atoms with van der Waals surface area (Å²) < 4.78 is 15.6. The molecule has 27 heavy (non-hydrogen) atoms. The first-order valence-electron chi connectivity index (χ1n) is 8.84. The van der Waals surface area contributed by atoms with E-state index in [1.807, 2.05) is 0 Å². The molecule has 8 nitrogen and oxygen atoms in total. The number of ether oxygens (including phenoxy) is 3.